The maximum Gasteiger partial charge on any atom is 0.272 e. The molecule has 1 aromatic heterocycles. The summed E-state index contributed by atoms with van der Waals surface area (Å²) in [5.41, 5.74) is 1.39. The van der Waals surface area contributed by atoms with Crippen LogP contribution in [-0.4, -0.2) is 28.9 Å². The largest absolute Gasteiger partial charge is 0.487 e. The number of hydrogen-bond donors (Lipinski definition) is 0. The number of halogens is 1. The number of aromatic nitrogens is 1. The van der Waals surface area contributed by atoms with E-state index in [4.69, 9.17) is 16.3 Å². The van der Waals surface area contributed by atoms with E-state index in [1.807, 2.05) is 29.2 Å². The molecule has 0 atom stereocenters. The van der Waals surface area contributed by atoms with E-state index in [1.54, 1.807) is 18.3 Å². The average molecular weight is 345 g/mol. The molecule has 2 heterocycles. The minimum Gasteiger partial charge on any atom is -0.487 e. The molecule has 3 rings (SSSR count). The van der Waals surface area contributed by atoms with E-state index in [1.165, 1.54) is 0 Å². The third kappa shape index (κ3) is 4.06. The minimum atomic E-state index is 0.0143. The number of rotatable bonds is 4. The van der Waals surface area contributed by atoms with E-state index in [0.29, 0.717) is 29.0 Å². The highest BCUT2D eigenvalue weighted by Gasteiger charge is 2.22. The van der Waals surface area contributed by atoms with E-state index in [0.717, 1.165) is 31.5 Å². The van der Waals surface area contributed by atoms with Crippen LogP contribution in [0, 0.1) is 5.92 Å². The highest BCUT2D eigenvalue weighted by molar-refractivity contribution is 6.32. The van der Waals surface area contributed by atoms with Crippen LogP contribution in [0.5, 0.6) is 5.75 Å². The van der Waals surface area contributed by atoms with Gasteiger partial charge in [-0.1, -0.05) is 36.7 Å². The van der Waals surface area contributed by atoms with Gasteiger partial charge in [0.1, 0.15) is 18.1 Å². The van der Waals surface area contributed by atoms with E-state index in [9.17, 15) is 4.79 Å². The van der Waals surface area contributed by atoms with Crippen LogP contribution in [0.1, 0.15) is 35.8 Å². The van der Waals surface area contributed by atoms with Gasteiger partial charge >= 0.3 is 0 Å². The minimum absolute atomic E-state index is 0.0143. The molecule has 2 aromatic rings. The van der Waals surface area contributed by atoms with Gasteiger partial charge in [-0.3, -0.25) is 9.78 Å². The molecular formula is C19H21ClN2O2. The number of pyridine rings is 1. The molecular weight excluding hydrogens is 324 g/mol. The summed E-state index contributed by atoms with van der Waals surface area (Å²) >= 11 is 6.06. The van der Waals surface area contributed by atoms with Crippen LogP contribution in [0.15, 0.2) is 42.6 Å². The lowest BCUT2D eigenvalue weighted by Crippen LogP contribution is -2.38. The second kappa shape index (κ2) is 7.67. The first-order chi connectivity index (χ1) is 11.6. The Balaban J connectivity index is 1.59. The molecule has 1 aromatic carbocycles. The van der Waals surface area contributed by atoms with Crippen molar-refractivity contribution in [1.82, 2.24) is 9.88 Å². The predicted octanol–water partition coefficient (Wildman–Crippen LogP) is 4.19. The summed E-state index contributed by atoms with van der Waals surface area (Å²) in [6.45, 7) is 4.23. The van der Waals surface area contributed by atoms with Gasteiger partial charge in [-0.05, 0) is 37.0 Å². The third-order valence-electron chi connectivity index (χ3n) is 4.35. The van der Waals surface area contributed by atoms with Crippen molar-refractivity contribution in [2.45, 2.75) is 26.4 Å². The maximum absolute atomic E-state index is 12.5. The first-order valence-corrected chi connectivity index (χ1v) is 8.63. The van der Waals surface area contributed by atoms with E-state index < -0.39 is 0 Å². The fourth-order valence-corrected chi connectivity index (χ4v) is 2.92. The van der Waals surface area contributed by atoms with Crippen molar-refractivity contribution in [3.05, 3.63) is 58.9 Å². The zero-order valence-corrected chi connectivity index (χ0v) is 14.5. The molecule has 0 bridgehead atoms. The number of ether oxygens (including phenoxy) is 1. The Kier molecular flexibility index (Phi) is 5.36. The van der Waals surface area contributed by atoms with E-state index in [2.05, 4.69) is 11.9 Å². The Hall–Kier alpha value is -2.07. The fraction of sp³-hybridized carbons (Fsp3) is 0.368. The first-order valence-electron chi connectivity index (χ1n) is 8.25. The third-order valence-corrected chi connectivity index (χ3v) is 4.66. The molecule has 0 N–H and O–H groups in total. The summed E-state index contributed by atoms with van der Waals surface area (Å²) in [5, 5.41) is 0.580. The number of para-hydroxylation sites is 1. The van der Waals surface area contributed by atoms with E-state index in [-0.39, 0.29) is 5.91 Å². The zero-order chi connectivity index (χ0) is 16.9. The van der Waals surface area contributed by atoms with Crippen LogP contribution in [0.4, 0.5) is 0 Å². The topological polar surface area (TPSA) is 42.4 Å². The Morgan fingerprint density at radius 2 is 2.00 bits per heavy atom. The maximum atomic E-state index is 12.5. The summed E-state index contributed by atoms with van der Waals surface area (Å²) in [7, 11) is 0. The number of amides is 1. The SMILES string of the molecule is CC1CCN(C(=O)c2ccc(COc3ccccc3Cl)cn2)CC1. The van der Waals surface area contributed by atoms with Gasteiger partial charge in [0.25, 0.3) is 5.91 Å². The zero-order valence-electron chi connectivity index (χ0n) is 13.7. The van der Waals surface area contributed by atoms with Crippen LogP contribution in [0.3, 0.4) is 0 Å². The second-order valence-corrected chi connectivity index (χ2v) is 6.65. The lowest BCUT2D eigenvalue weighted by Gasteiger charge is -2.30. The lowest BCUT2D eigenvalue weighted by molar-refractivity contribution is 0.0691. The second-order valence-electron chi connectivity index (χ2n) is 6.25. The molecule has 0 aliphatic carbocycles. The molecule has 0 unspecified atom stereocenters. The molecule has 126 valence electrons. The summed E-state index contributed by atoms with van der Waals surface area (Å²) in [4.78, 5) is 18.7. The molecule has 0 spiro atoms. The normalized spacial score (nSPS) is 15.3. The molecule has 0 saturated carbocycles. The molecule has 1 saturated heterocycles. The number of carbonyl (C=O) groups is 1. The van der Waals surface area contributed by atoms with Crippen molar-refractivity contribution in [1.29, 1.82) is 0 Å². The Labute approximate surface area is 147 Å². The van der Waals surface area contributed by atoms with Crippen LogP contribution >= 0.6 is 11.6 Å². The quantitative estimate of drug-likeness (QED) is 0.835. The van der Waals surface area contributed by atoms with Gasteiger partial charge < -0.3 is 9.64 Å². The number of piperidine rings is 1. The summed E-state index contributed by atoms with van der Waals surface area (Å²) < 4.78 is 5.68. The molecule has 1 aliphatic rings. The predicted molar refractivity (Wildman–Crippen MR) is 94.3 cm³/mol. The number of carbonyl (C=O) groups excluding carboxylic acids is 1. The first kappa shape index (κ1) is 16.8. The van der Waals surface area contributed by atoms with Crippen LogP contribution in [0.25, 0.3) is 0 Å². The Morgan fingerprint density at radius 1 is 1.25 bits per heavy atom. The molecule has 5 heteroatoms. The van der Waals surface area contributed by atoms with Crippen molar-refractivity contribution < 1.29 is 9.53 Å². The average Bonchev–Trinajstić information content (AvgIpc) is 2.62. The molecule has 0 radical (unpaired) electrons. The van der Waals surface area contributed by atoms with Crippen LogP contribution in [-0.2, 0) is 6.61 Å². The summed E-state index contributed by atoms with van der Waals surface area (Å²) in [6.07, 6.45) is 3.82. The van der Waals surface area contributed by atoms with Gasteiger partial charge in [-0.25, -0.2) is 0 Å². The van der Waals surface area contributed by atoms with Crippen molar-refractivity contribution in [3.63, 3.8) is 0 Å². The summed E-state index contributed by atoms with van der Waals surface area (Å²) in [6, 6.07) is 11.0. The number of nitrogens with zero attached hydrogens (tertiary/aromatic N) is 2. The van der Waals surface area contributed by atoms with Gasteiger partial charge in [-0.2, -0.15) is 0 Å². The van der Waals surface area contributed by atoms with Gasteiger partial charge in [0.2, 0.25) is 0 Å². The van der Waals surface area contributed by atoms with Gasteiger partial charge in [-0.15, -0.1) is 0 Å². The van der Waals surface area contributed by atoms with Gasteiger partial charge in [0, 0.05) is 24.8 Å². The van der Waals surface area contributed by atoms with Crippen molar-refractivity contribution in [2.24, 2.45) is 5.92 Å². The van der Waals surface area contributed by atoms with Crippen molar-refractivity contribution >= 4 is 17.5 Å². The van der Waals surface area contributed by atoms with Crippen LogP contribution < -0.4 is 4.74 Å². The lowest BCUT2D eigenvalue weighted by atomic mass is 9.99. The van der Waals surface area contributed by atoms with Gasteiger partial charge in [0.05, 0.1) is 5.02 Å². The van der Waals surface area contributed by atoms with Crippen molar-refractivity contribution in [3.8, 4) is 5.75 Å². The van der Waals surface area contributed by atoms with Gasteiger partial charge in [0.15, 0.2) is 0 Å². The highest BCUT2D eigenvalue weighted by Crippen LogP contribution is 2.24. The van der Waals surface area contributed by atoms with Crippen LogP contribution in [0.2, 0.25) is 5.02 Å². The summed E-state index contributed by atoms with van der Waals surface area (Å²) in [5.74, 6) is 1.36. The Morgan fingerprint density at radius 3 is 2.67 bits per heavy atom. The standard InChI is InChI=1S/C19H21ClN2O2/c1-14-8-10-22(11-9-14)19(23)17-7-6-15(12-21-17)13-24-18-5-3-2-4-16(18)20/h2-7,12,14H,8-11,13H2,1H3. The highest BCUT2D eigenvalue weighted by atomic mass is 35.5. The molecule has 1 amide bonds. The molecule has 4 nitrogen and oxygen atoms in total. The molecule has 1 aliphatic heterocycles. The Bertz CT molecular complexity index is 695. The number of hydrogen-bond acceptors (Lipinski definition) is 3. The molecule has 24 heavy (non-hydrogen) atoms. The van der Waals surface area contributed by atoms with E-state index >= 15 is 0 Å². The fourth-order valence-electron chi connectivity index (χ4n) is 2.73. The van der Waals surface area contributed by atoms with Crippen molar-refractivity contribution in [2.75, 3.05) is 13.1 Å². The number of benzene rings is 1. The monoisotopic (exact) mass is 344 g/mol. The number of likely N-dealkylation sites (tertiary alicyclic amines) is 1. The molecule has 1 fully saturated rings. The smallest absolute Gasteiger partial charge is 0.272 e.